The predicted octanol–water partition coefficient (Wildman–Crippen LogP) is 3.87. The molecular weight excluding hydrogens is 358 g/mol. The molecule has 0 aliphatic heterocycles. The largest absolute Gasteiger partial charge is 0.309 e. The number of aromatic nitrogens is 2. The van der Waals surface area contributed by atoms with Crippen molar-refractivity contribution in [2.45, 2.75) is 39.8 Å². The minimum Gasteiger partial charge on any atom is -0.309 e. The van der Waals surface area contributed by atoms with Gasteiger partial charge in [0.15, 0.2) is 0 Å². The Morgan fingerprint density at radius 1 is 1.11 bits per heavy atom. The van der Waals surface area contributed by atoms with Crippen molar-refractivity contribution in [1.29, 1.82) is 5.26 Å². The number of hydrogen-bond donors (Lipinski definition) is 0. The molecule has 5 nitrogen and oxygen atoms in total. The molecule has 2 rings (SSSR count). The van der Waals surface area contributed by atoms with Gasteiger partial charge in [-0.2, -0.15) is 10.4 Å². The topological polar surface area (TPSA) is 48.1 Å². The summed E-state index contributed by atoms with van der Waals surface area (Å²) in [6, 6.07) is 10.7. The van der Waals surface area contributed by atoms with Crippen LogP contribution in [0, 0.1) is 25.2 Å². The molecule has 1 aromatic heterocycles. The van der Waals surface area contributed by atoms with Gasteiger partial charge in [0.1, 0.15) is 5.15 Å². The average Bonchev–Trinajstić information content (AvgIpc) is 2.88. The van der Waals surface area contributed by atoms with E-state index in [1.54, 1.807) is 0 Å². The van der Waals surface area contributed by atoms with E-state index in [2.05, 4.69) is 66.3 Å². The Morgan fingerprint density at radius 2 is 1.81 bits per heavy atom. The molecule has 1 heterocycles. The fourth-order valence-corrected chi connectivity index (χ4v) is 3.35. The van der Waals surface area contributed by atoms with E-state index in [0.717, 1.165) is 43.9 Å². The van der Waals surface area contributed by atoms with Gasteiger partial charge < -0.3 is 4.90 Å². The Morgan fingerprint density at radius 3 is 2.44 bits per heavy atom. The van der Waals surface area contributed by atoms with E-state index in [-0.39, 0.29) is 0 Å². The van der Waals surface area contributed by atoms with E-state index < -0.39 is 0 Å². The molecule has 0 aliphatic carbocycles. The van der Waals surface area contributed by atoms with Crippen LogP contribution in [0.15, 0.2) is 24.3 Å². The molecule has 0 unspecified atom stereocenters. The van der Waals surface area contributed by atoms with Crippen LogP contribution < -0.4 is 0 Å². The summed E-state index contributed by atoms with van der Waals surface area (Å²) in [6.45, 7) is 8.21. The number of benzene rings is 1. The third kappa shape index (κ3) is 6.66. The Balaban J connectivity index is 2.09. The molecule has 146 valence electrons. The Kier molecular flexibility index (Phi) is 8.30. The van der Waals surface area contributed by atoms with Gasteiger partial charge in [-0.25, -0.2) is 4.68 Å². The highest BCUT2D eigenvalue weighted by molar-refractivity contribution is 6.30. The first kappa shape index (κ1) is 21.4. The van der Waals surface area contributed by atoms with Crippen molar-refractivity contribution in [3.63, 3.8) is 0 Å². The summed E-state index contributed by atoms with van der Waals surface area (Å²) < 4.78 is 1.87. The molecule has 0 spiro atoms. The zero-order valence-corrected chi connectivity index (χ0v) is 17.6. The van der Waals surface area contributed by atoms with Crippen molar-refractivity contribution in [3.8, 4) is 6.07 Å². The highest BCUT2D eigenvalue weighted by atomic mass is 35.5. The van der Waals surface area contributed by atoms with Crippen LogP contribution >= 0.6 is 11.6 Å². The molecule has 0 N–H and O–H groups in total. The summed E-state index contributed by atoms with van der Waals surface area (Å²) >= 11 is 6.67. The zero-order valence-electron chi connectivity index (χ0n) is 16.9. The molecule has 1 aromatic carbocycles. The molecule has 0 atom stereocenters. The molecule has 0 radical (unpaired) electrons. The van der Waals surface area contributed by atoms with Crippen LogP contribution in [0.4, 0.5) is 0 Å². The Bertz CT molecular complexity index is 758. The molecule has 2 aromatic rings. The van der Waals surface area contributed by atoms with E-state index >= 15 is 0 Å². The predicted molar refractivity (Wildman–Crippen MR) is 111 cm³/mol. The second kappa shape index (κ2) is 10.5. The third-order valence-corrected chi connectivity index (χ3v) is 5.06. The average molecular weight is 388 g/mol. The van der Waals surface area contributed by atoms with Crippen LogP contribution in [0.1, 0.15) is 35.2 Å². The van der Waals surface area contributed by atoms with Gasteiger partial charge in [-0.05, 0) is 53.0 Å². The summed E-state index contributed by atoms with van der Waals surface area (Å²) in [4.78, 5) is 4.49. The maximum Gasteiger partial charge on any atom is 0.132 e. The lowest BCUT2D eigenvalue weighted by molar-refractivity contribution is 0.252. The van der Waals surface area contributed by atoms with Gasteiger partial charge in [-0.3, -0.25) is 4.90 Å². The zero-order chi connectivity index (χ0) is 19.8. The summed E-state index contributed by atoms with van der Waals surface area (Å²) in [5, 5.41) is 14.3. The van der Waals surface area contributed by atoms with E-state index in [9.17, 15) is 0 Å². The van der Waals surface area contributed by atoms with Crippen molar-refractivity contribution in [2.75, 3.05) is 33.7 Å². The number of nitriles is 1. The highest BCUT2D eigenvalue weighted by Gasteiger charge is 2.17. The first-order valence-corrected chi connectivity index (χ1v) is 9.80. The van der Waals surface area contributed by atoms with Gasteiger partial charge in [0.05, 0.1) is 18.3 Å². The van der Waals surface area contributed by atoms with Gasteiger partial charge in [0, 0.05) is 25.1 Å². The maximum absolute atomic E-state index is 8.96. The normalized spacial score (nSPS) is 11.3. The fraction of sp³-hybridized carbons (Fsp3) is 0.524. The van der Waals surface area contributed by atoms with Crippen LogP contribution in [0.3, 0.4) is 0 Å². The lowest BCUT2D eigenvalue weighted by Gasteiger charge is -2.22. The number of aryl methyl sites for hydroxylation is 2. The monoisotopic (exact) mass is 387 g/mol. The quantitative estimate of drug-likeness (QED) is 0.620. The standard InChI is InChI=1S/C21H30ClN5/c1-17-7-9-19(10-8-17)15-27-21(22)20(18(2)24-27)16-26(13-5-11-23)14-6-12-25(3)4/h7-10H,5-6,12-16H2,1-4H3. The van der Waals surface area contributed by atoms with Gasteiger partial charge >= 0.3 is 0 Å². The van der Waals surface area contributed by atoms with Crippen molar-refractivity contribution < 1.29 is 0 Å². The number of halogens is 1. The Labute approximate surface area is 168 Å². The second-order valence-electron chi connectivity index (χ2n) is 7.34. The SMILES string of the molecule is Cc1ccc(Cn2nc(C)c(CN(CCC#N)CCCN(C)C)c2Cl)cc1. The van der Waals surface area contributed by atoms with Crippen molar-refractivity contribution >= 4 is 11.6 Å². The van der Waals surface area contributed by atoms with Crippen LogP contribution in [-0.2, 0) is 13.1 Å². The number of rotatable bonds is 10. The first-order valence-electron chi connectivity index (χ1n) is 9.42. The minimum atomic E-state index is 0.524. The van der Waals surface area contributed by atoms with E-state index in [1.807, 2.05) is 11.6 Å². The molecular formula is C21H30ClN5. The van der Waals surface area contributed by atoms with Crippen LogP contribution in [0.2, 0.25) is 5.15 Å². The van der Waals surface area contributed by atoms with Gasteiger partial charge in [0.2, 0.25) is 0 Å². The third-order valence-electron chi connectivity index (χ3n) is 4.64. The summed E-state index contributed by atoms with van der Waals surface area (Å²) in [5.74, 6) is 0. The molecule has 0 saturated carbocycles. The van der Waals surface area contributed by atoms with E-state index in [1.165, 1.54) is 11.1 Å². The van der Waals surface area contributed by atoms with Gasteiger partial charge in [-0.1, -0.05) is 41.4 Å². The molecule has 0 aliphatic rings. The smallest absolute Gasteiger partial charge is 0.132 e. The van der Waals surface area contributed by atoms with Crippen molar-refractivity contribution in [2.24, 2.45) is 0 Å². The maximum atomic E-state index is 8.96. The lowest BCUT2D eigenvalue weighted by atomic mass is 10.1. The molecule has 6 heteroatoms. The lowest BCUT2D eigenvalue weighted by Crippen LogP contribution is -2.28. The molecule has 0 fully saturated rings. The molecule has 0 saturated heterocycles. The highest BCUT2D eigenvalue weighted by Crippen LogP contribution is 2.23. The second-order valence-corrected chi connectivity index (χ2v) is 7.70. The minimum absolute atomic E-state index is 0.524. The molecule has 27 heavy (non-hydrogen) atoms. The number of nitrogens with zero attached hydrogens (tertiary/aromatic N) is 5. The van der Waals surface area contributed by atoms with Crippen LogP contribution in [0.5, 0.6) is 0 Å². The van der Waals surface area contributed by atoms with Crippen molar-refractivity contribution in [1.82, 2.24) is 19.6 Å². The van der Waals surface area contributed by atoms with Crippen LogP contribution in [0.25, 0.3) is 0 Å². The summed E-state index contributed by atoms with van der Waals surface area (Å²) in [5.41, 5.74) is 4.45. The number of hydrogen-bond acceptors (Lipinski definition) is 4. The van der Waals surface area contributed by atoms with Crippen LogP contribution in [-0.4, -0.2) is 53.3 Å². The van der Waals surface area contributed by atoms with Gasteiger partial charge in [-0.15, -0.1) is 0 Å². The van der Waals surface area contributed by atoms with Gasteiger partial charge in [0.25, 0.3) is 0 Å². The Hall–Kier alpha value is -1.87. The fourth-order valence-electron chi connectivity index (χ4n) is 3.05. The summed E-state index contributed by atoms with van der Waals surface area (Å²) in [6.07, 6.45) is 1.59. The molecule has 0 amide bonds. The summed E-state index contributed by atoms with van der Waals surface area (Å²) in [7, 11) is 4.16. The van der Waals surface area contributed by atoms with Crippen molar-refractivity contribution in [3.05, 3.63) is 51.8 Å². The van der Waals surface area contributed by atoms with E-state index in [0.29, 0.717) is 18.1 Å². The molecule has 0 bridgehead atoms. The first-order chi connectivity index (χ1) is 12.9. The van der Waals surface area contributed by atoms with E-state index in [4.69, 9.17) is 16.9 Å².